The van der Waals surface area contributed by atoms with Crippen molar-refractivity contribution in [3.63, 3.8) is 0 Å². The minimum Gasteiger partial charge on any atom is -0.481 e. The van der Waals surface area contributed by atoms with Crippen molar-refractivity contribution in [2.75, 3.05) is 0 Å². The first-order valence-corrected chi connectivity index (χ1v) is 5.85. The third-order valence-electron chi connectivity index (χ3n) is 3.14. The number of ketones is 1. The minimum atomic E-state index is -0.935. The molecule has 0 fully saturated rings. The van der Waals surface area contributed by atoms with Crippen molar-refractivity contribution in [2.24, 2.45) is 5.92 Å². The van der Waals surface area contributed by atoms with Crippen LogP contribution in [0.25, 0.3) is 10.9 Å². The lowest BCUT2D eigenvalue weighted by molar-refractivity contribution is -0.140. The third kappa shape index (κ3) is 2.59. The van der Waals surface area contributed by atoms with E-state index in [0.717, 1.165) is 16.5 Å². The maximum absolute atomic E-state index is 11.5. The molecule has 1 aromatic heterocycles. The van der Waals surface area contributed by atoms with Crippen LogP contribution in [0.4, 0.5) is 0 Å². The number of hydrogen-bond donors (Lipinski definition) is 2. The van der Waals surface area contributed by atoms with Crippen molar-refractivity contribution in [1.29, 1.82) is 0 Å². The zero-order valence-electron chi connectivity index (χ0n) is 10.1. The van der Waals surface area contributed by atoms with Gasteiger partial charge in [0.05, 0.1) is 6.42 Å². The van der Waals surface area contributed by atoms with Crippen LogP contribution >= 0.6 is 0 Å². The van der Waals surface area contributed by atoms with Crippen LogP contribution in [0.3, 0.4) is 0 Å². The Bertz CT molecular complexity index is 585. The molecular weight excluding hydrogens is 230 g/mol. The summed E-state index contributed by atoms with van der Waals surface area (Å²) in [7, 11) is 0. The fourth-order valence-corrected chi connectivity index (χ4v) is 2.14. The molecule has 0 amide bonds. The van der Waals surface area contributed by atoms with Crippen molar-refractivity contribution in [1.82, 2.24) is 4.98 Å². The van der Waals surface area contributed by atoms with Crippen molar-refractivity contribution in [3.05, 3.63) is 36.0 Å². The SMILES string of the molecule is CC(=O)[C@H](CC(=O)O)Cc1c[nH]c2ccccc12. The molecule has 4 heteroatoms. The predicted octanol–water partition coefficient (Wildman–Crippen LogP) is 2.39. The van der Waals surface area contributed by atoms with Crippen molar-refractivity contribution in [2.45, 2.75) is 19.8 Å². The molecule has 1 aromatic carbocycles. The van der Waals surface area contributed by atoms with Crippen LogP contribution in [-0.2, 0) is 16.0 Å². The molecule has 0 aliphatic heterocycles. The number of carboxylic acids is 1. The number of carboxylic acid groups (broad SMARTS) is 1. The van der Waals surface area contributed by atoms with Gasteiger partial charge in [0.1, 0.15) is 5.78 Å². The van der Waals surface area contributed by atoms with Gasteiger partial charge in [0.2, 0.25) is 0 Å². The van der Waals surface area contributed by atoms with Crippen LogP contribution in [0.15, 0.2) is 30.5 Å². The van der Waals surface area contributed by atoms with E-state index >= 15 is 0 Å². The molecule has 18 heavy (non-hydrogen) atoms. The zero-order valence-corrected chi connectivity index (χ0v) is 10.1. The number of aromatic amines is 1. The zero-order chi connectivity index (χ0) is 13.1. The summed E-state index contributed by atoms with van der Waals surface area (Å²) in [6, 6.07) is 7.79. The number of fused-ring (bicyclic) bond motifs is 1. The van der Waals surface area contributed by atoms with E-state index in [9.17, 15) is 9.59 Å². The van der Waals surface area contributed by atoms with E-state index in [-0.39, 0.29) is 12.2 Å². The summed E-state index contributed by atoms with van der Waals surface area (Å²) in [6.07, 6.45) is 2.20. The number of Topliss-reactive ketones (excluding diaryl/α,β-unsaturated/α-hetero) is 1. The lowest BCUT2D eigenvalue weighted by Gasteiger charge is -2.10. The Morgan fingerprint density at radius 1 is 1.33 bits per heavy atom. The van der Waals surface area contributed by atoms with E-state index in [1.807, 2.05) is 30.5 Å². The first-order chi connectivity index (χ1) is 8.58. The maximum Gasteiger partial charge on any atom is 0.304 e. The molecule has 0 spiro atoms. The topological polar surface area (TPSA) is 70.2 Å². The van der Waals surface area contributed by atoms with Crippen LogP contribution < -0.4 is 0 Å². The molecule has 0 aliphatic rings. The van der Waals surface area contributed by atoms with Gasteiger partial charge in [-0.1, -0.05) is 18.2 Å². The Morgan fingerprint density at radius 3 is 2.72 bits per heavy atom. The number of aromatic nitrogens is 1. The second-order valence-electron chi connectivity index (χ2n) is 4.47. The Balaban J connectivity index is 2.26. The van der Waals surface area contributed by atoms with E-state index in [2.05, 4.69) is 4.98 Å². The molecule has 2 rings (SSSR count). The van der Waals surface area contributed by atoms with E-state index < -0.39 is 11.9 Å². The van der Waals surface area contributed by atoms with Gasteiger partial charge in [-0.3, -0.25) is 9.59 Å². The van der Waals surface area contributed by atoms with Crippen molar-refractivity contribution in [3.8, 4) is 0 Å². The standard InChI is InChI=1S/C14H15NO3/c1-9(16)10(7-14(17)18)6-11-8-15-13-5-3-2-4-12(11)13/h2-5,8,10,15H,6-7H2,1H3,(H,17,18)/t10-/m0/s1. The van der Waals surface area contributed by atoms with Gasteiger partial charge in [-0.15, -0.1) is 0 Å². The van der Waals surface area contributed by atoms with Crippen LogP contribution in [0.5, 0.6) is 0 Å². The number of hydrogen-bond acceptors (Lipinski definition) is 2. The summed E-state index contributed by atoms with van der Waals surface area (Å²) < 4.78 is 0. The van der Waals surface area contributed by atoms with Gasteiger partial charge in [-0.25, -0.2) is 0 Å². The lowest BCUT2D eigenvalue weighted by atomic mass is 9.93. The van der Waals surface area contributed by atoms with Gasteiger partial charge < -0.3 is 10.1 Å². The Labute approximate surface area is 105 Å². The normalized spacial score (nSPS) is 12.5. The molecule has 0 bridgehead atoms. The van der Waals surface area contributed by atoms with Crippen LogP contribution in [0, 0.1) is 5.92 Å². The molecule has 4 nitrogen and oxygen atoms in total. The first kappa shape index (κ1) is 12.4. The van der Waals surface area contributed by atoms with Gasteiger partial charge in [0.25, 0.3) is 0 Å². The van der Waals surface area contributed by atoms with E-state index in [1.165, 1.54) is 6.92 Å². The maximum atomic E-state index is 11.5. The number of aliphatic carboxylic acids is 1. The largest absolute Gasteiger partial charge is 0.481 e. The molecule has 94 valence electrons. The summed E-state index contributed by atoms with van der Waals surface area (Å²) in [5, 5.41) is 9.86. The average molecular weight is 245 g/mol. The lowest BCUT2D eigenvalue weighted by Crippen LogP contribution is -2.18. The second-order valence-corrected chi connectivity index (χ2v) is 4.47. The summed E-state index contributed by atoms with van der Waals surface area (Å²) in [4.78, 5) is 25.3. The second kappa shape index (κ2) is 5.04. The van der Waals surface area contributed by atoms with E-state index in [4.69, 9.17) is 5.11 Å². The van der Waals surface area contributed by atoms with Crippen LogP contribution in [0.1, 0.15) is 18.9 Å². The molecule has 1 atom stereocenters. The third-order valence-corrected chi connectivity index (χ3v) is 3.14. The van der Waals surface area contributed by atoms with E-state index in [0.29, 0.717) is 6.42 Å². The number of benzene rings is 1. The Kier molecular flexibility index (Phi) is 3.46. The Hall–Kier alpha value is -2.10. The predicted molar refractivity (Wildman–Crippen MR) is 68.4 cm³/mol. The summed E-state index contributed by atoms with van der Waals surface area (Å²) >= 11 is 0. The van der Waals surface area contributed by atoms with Gasteiger partial charge in [-0.2, -0.15) is 0 Å². The molecular formula is C14H15NO3. The molecule has 0 radical (unpaired) electrons. The van der Waals surface area contributed by atoms with Gasteiger partial charge in [0, 0.05) is 23.0 Å². The van der Waals surface area contributed by atoms with Crippen molar-refractivity contribution >= 4 is 22.7 Å². The number of carbonyl (C=O) groups excluding carboxylic acids is 1. The smallest absolute Gasteiger partial charge is 0.304 e. The minimum absolute atomic E-state index is 0.0809. The number of H-pyrrole nitrogens is 1. The fourth-order valence-electron chi connectivity index (χ4n) is 2.14. The molecule has 0 saturated heterocycles. The number of nitrogens with one attached hydrogen (secondary N) is 1. The van der Waals surface area contributed by atoms with Gasteiger partial charge in [0.15, 0.2) is 0 Å². The first-order valence-electron chi connectivity index (χ1n) is 5.85. The fraction of sp³-hybridized carbons (Fsp3) is 0.286. The highest BCUT2D eigenvalue weighted by Gasteiger charge is 2.19. The highest BCUT2D eigenvalue weighted by molar-refractivity contribution is 5.86. The quantitative estimate of drug-likeness (QED) is 0.849. The van der Waals surface area contributed by atoms with E-state index in [1.54, 1.807) is 0 Å². The highest BCUT2D eigenvalue weighted by atomic mass is 16.4. The molecule has 0 saturated carbocycles. The van der Waals surface area contributed by atoms with Crippen LogP contribution in [-0.4, -0.2) is 21.8 Å². The summed E-state index contributed by atoms with van der Waals surface area (Å²) in [6.45, 7) is 1.45. The molecule has 2 aromatic rings. The monoisotopic (exact) mass is 245 g/mol. The highest BCUT2D eigenvalue weighted by Crippen LogP contribution is 2.22. The number of carbonyl (C=O) groups is 2. The Morgan fingerprint density at radius 2 is 2.06 bits per heavy atom. The molecule has 0 aliphatic carbocycles. The van der Waals surface area contributed by atoms with Crippen LogP contribution in [0.2, 0.25) is 0 Å². The van der Waals surface area contributed by atoms with Crippen molar-refractivity contribution < 1.29 is 14.7 Å². The summed E-state index contributed by atoms with van der Waals surface area (Å²) in [5.74, 6) is -1.47. The molecule has 0 unspecified atom stereocenters. The number of rotatable bonds is 5. The summed E-state index contributed by atoms with van der Waals surface area (Å²) in [5.41, 5.74) is 2.00. The molecule has 2 N–H and O–H groups in total. The number of para-hydroxylation sites is 1. The van der Waals surface area contributed by atoms with Gasteiger partial charge >= 0.3 is 5.97 Å². The molecule has 1 heterocycles. The average Bonchev–Trinajstić information content (AvgIpc) is 2.71. The van der Waals surface area contributed by atoms with Gasteiger partial charge in [-0.05, 0) is 25.0 Å².